The van der Waals surface area contributed by atoms with Gasteiger partial charge in [-0.1, -0.05) is 19.6 Å². The number of carbonyl (C=O) groups excluding carboxylic acids is 2. The lowest BCUT2D eigenvalue weighted by atomic mass is 9.74. The number of rotatable bonds is 3. The lowest BCUT2D eigenvalue weighted by Gasteiger charge is -2.44. The molecular formula is C13H24O3Si. The van der Waals surface area contributed by atoms with E-state index in [-0.39, 0.29) is 11.5 Å². The van der Waals surface area contributed by atoms with Gasteiger partial charge in [-0.2, -0.15) is 0 Å². The van der Waals surface area contributed by atoms with Gasteiger partial charge >= 0.3 is 5.97 Å². The van der Waals surface area contributed by atoms with Gasteiger partial charge in [0.15, 0.2) is 0 Å². The number of esters is 1. The summed E-state index contributed by atoms with van der Waals surface area (Å²) in [6.45, 7) is 10.9. The van der Waals surface area contributed by atoms with Gasteiger partial charge in [0.2, 0.25) is 0 Å². The number of hydrogen-bond donors (Lipinski definition) is 0. The van der Waals surface area contributed by atoms with Crippen LogP contribution in [0.3, 0.4) is 0 Å². The second-order valence-corrected chi connectivity index (χ2v) is 11.7. The van der Waals surface area contributed by atoms with Crippen molar-refractivity contribution in [2.24, 2.45) is 5.41 Å². The minimum Gasteiger partial charge on any atom is -0.466 e. The first kappa shape index (κ1) is 14.4. The fourth-order valence-corrected chi connectivity index (χ4v) is 5.94. The summed E-state index contributed by atoms with van der Waals surface area (Å²) in [4.78, 5) is 23.8. The fourth-order valence-electron chi connectivity index (χ4n) is 2.93. The second-order valence-electron chi connectivity index (χ2n) is 6.30. The van der Waals surface area contributed by atoms with Crippen molar-refractivity contribution in [1.29, 1.82) is 0 Å². The maximum Gasteiger partial charge on any atom is 0.311 e. The van der Waals surface area contributed by atoms with Crippen molar-refractivity contribution in [3.63, 3.8) is 0 Å². The third-order valence-corrected chi connectivity index (χ3v) is 6.84. The van der Waals surface area contributed by atoms with E-state index in [2.05, 4.69) is 19.6 Å². The largest absolute Gasteiger partial charge is 0.466 e. The Balaban J connectivity index is 3.01. The normalized spacial score (nSPS) is 30.2. The summed E-state index contributed by atoms with van der Waals surface area (Å²) in [6.07, 6.45) is 1.74. The third-order valence-electron chi connectivity index (χ3n) is 3.91. The van der Waals surface area contributed by atoms with Crippen LogP contribution in [0.5, 0.6) is 0 Å². The van der Waals surface area contributed by atoms with Crippen molar-refractivity contribution >= 4 is 19.8 Å². The highest BCUT2D eigenvalue weighted by molar-refractivity contribution is 6.78. The van der Waals surface area contributed by atoms with Gasteiger partial charge < -0.3 is 4.74 Å². The first-order valence-electron chi connectivity index (χ1n) is 6.40. The van der Waals surface area contributed by atoms with E-state index >= 15 is 0 Å². The molecule has 0 radical (unpaired) electrons. The van der Waals surface area contributed by atoms with Crippen molar-refractivity contribution in [1.82, 2.24) is 0 Å². The zero-order valence-electron chi connectivity index (χ0n) is 11.6. The molecule has 1 aliphatic rings. The summed E-state index contributed by atoms with van der Waals surface area (Å²) in [5.74, 6) is 0.194. The molecule has 0 N–H and O–H groups in total. The van der Waals surface area contributed by atoms with Crippen LogP contribution < -0.4 is 0 Å². The number of ether oxygens (including phenoxy) is 1. The molecular weight excluding hydrogens is 232 g/mol. The van der Waals surface area contributed by atoms with E-state index in [4.69, 9.17) is 4.74 Å². The molecule has 1 aliphatic carbocycles. The summed E-state index contributed by atoms with van der Waals surface area (Å²) < 4.78 is 5.22. The highest BCUT2D eigenvalue weighted by atomic mass is 28.3. The predicted molar refractivity (Wildman–Crippen MR) is 70.7 cm³/mol. The smallest absolute Gasteiger partial charge is 0.311 e. The Bertz CT molecular complexity index is 319. The van der Waals surface area contributed by atoms with Gasteiger partial charge in [-0.25, -0.2) is 0 Å². The van der Waals surface area contributed by atoms with Gasteiger partial charge in [-0.05, 0) is 25.8 Å². The van der Waals surface area contributed by atoms with Gasteiger partial charge in [-0.15, -0.1) is 0 Å². The van der Waals surface area contributed by atoms with Crippen molar-refractivity contribution in [2.75, 3.05) is 6.61 Å². The minimum absolute atomic E-state index is 0.111. The number of Topliss-reactive ketones (excluding diaryl/α,β-unsaturated/α-hetero) is 1. The molecule has 1 saturated carbocycles. The van der Waals surface area contributed by atoms with Crippen LogP contribution in [0, 0.1) is 5.41 Å². The highest BCUT2D eigenvalue weighted by Crippen LogP contribution is 2.49. The lowest BCUT2D eigenvalue weighted by molar-refractivity contribution is -0.157. The Labute approximate surface area is 105 Å². The summed E-state index contributed by atoms with van der Waals surface area (Å²) in [6, 6.07) is 0. The molecule has 2 atom stereocenters. The molecule has 0 saturated heterocycles. The topological polar surface area (TPSA) is 43.4 Å². The molecule has 0 aromatic carbocycles. The van der Waals surface area contributed by atoms with Gasteiger partial charge in [0, 0.05) is 20.9 Å². The number of carbonyl (C=O) groups is 2. The van der Waals surface area contributed by atoms with Gasteiger partial charge in [0.05, 0.1) is 12.0 Å². The average Bonchev–Trinajstić information content (AvgIpc) is 2.20. The number of ketones is 1. The van der Waals surface area contributed by atoms with E-state index in [0.717, 1.165) is 0 Å². The molecule has 0 aliphatic heterocycles. The van der Waals surface area contributed by atoms with E-state index in [1.807, 2.05) is 13.8 Å². The van der Waals surface area contributed by atoms with Crippen LogP contribution in [-0.4, -0.2) is 26.4 Å². The predicted octanol–water partition coefficient (Wildman–Crippen LogP) is 3.02. The summed E-state index contributed by atoms with van der Waals surface area (Å²) in [5, 5.41) is 0. The molecule has 0 amide bonds. The van der Waals surface area contributed by atoms with E-state index in [9.17, 15) is 9.59 Å². The van der Waals surface area contributed by atoms with Crippen LogP contribution in [0.1, 0.15) is 33.1 Å². The van der Waals surface area contributed by atoms with Crippen LogP contribution in [-0.2, 0) is 14.3 Å². The molecule has 1 fully saturated rings. The molecule has 4 heteroatoms. The van der Waals surface area contributed by atoms with Crippen LogP contribution in [0.4, 0.5) is 0 Å². The van der Waals surface area contributed by atoms with Crippen LogP contribution in [0.2, 0.25) is 25.2 Å². The van der Waals surface area contributed by atoms with Crippen molar-refractivity contribution in [3.8, 4) is 0 Å². The van der Waals surface area contributed by atoms with Crippen molar-refractivity contribution < 1.29 is 14.3 Å². The Hall–Kier alpha value is -0.643. The second kappa shape index (κ2) is 4.92. The summed E-state index contributed by atoms with van der Waals surface area (Å²) in [5.41, 5.74) is -0.246. The molecule has 2 unspecified atom stereocenters. The standard InChI is InChI=1S/C13H24O3Si/c1-6-16-12(15)13(2)8-7-10(14)9-11(13)17(3,4)5/h11H,6-9H2,1-5H3. The monoisotopic (exact) mass is 256 g/mol. The zero-order chi connectivity index (χ0) is 13.3. The van der Waals surface area contributed by atoms with Crippen molar-refractivity contribution in [3.05, 3.63) is 0 Å². The van der Waals surface area contributed by atoms with E-state index in [1.165, 1.54) is 0 Å². The SMILES string of the molecule is CCOC(=O)C1(C)CCC(=O)CC1[Si](C)(C)C. The molecule has 0 bridgehead atoms. The Kier molecular flexibility index (Phi) is 4.18. The van der Waals surface area contributed by atoms with Gasteiger partial charge in [0.25, 0.3) is 0 Å². The quantitative estimate of drug-likeness (QED) is 0.576. The zero-order valence-corrected chi connectivity index (χ0v) is 12.6. The van der Waals surface area contributed by atoms with E-state index in [0.29, 0.717) is 31.7 Å². The molecule has 0 spiro atoms. The molecule has 0 aromatic heterocycles. The van der Waals surface area contributed by atoms with E-state index < -0.39 is 13.5 Å². The maximum absolute atomic E-state index is 12.2. The highest BCUT2D eigenvalue weighted by Gasteiger charge is 2.51. The summed E-state index contributed by atoms with van der Waals surface area (Å²) >= 11 is 0. The van der Waals surface area contributed by atoms with Crippen LogP contribution in [0.25, 0.3) is 0 Å². The average molecular weight is 256 g/mol. The van der Waals surface area contributed by atoms with Gasteiger partial charge in [0.1, 0.15) is 5.78 Å². The third kappa shape index (κ3) is 2.97. The lowest BCUT2D eigenvalue weighted by Crippen LogP contribution is -2.48. The molecule has 0 aromatic rings. The first-order valence-corrected chi connectivity index (χ1v) is 9.98. The molecule has 17 heavy (non-hydrogen) atoms. The molecule has 3 nitrogen and oxygen atoms in total. The molecule has 0 heterocycles. The summed E-state index contributed by atoms with van der Waals surface area (Å²) in [7, 11) is -1.55. The Morgan fingerprint density at radius 1 is 1.47 bits per heavy atom. The molecule has 1 rings (SSSR count). The van der Waals surface area contributed by atoms with Crippen LogP contribution in [0.15, 0.2) is 0 Å². The molecule has 98 valence electrons. The Morgan fingerprint density at radius 2 is 2.06 bits per heavy atom. The van der Waals surface area contributed by atoms with Crippen LogP contribution >= 0.6 is 0 Å². The maximum atomic E-state index is 12.2. The minimum atomic E-state index is -1.55. The van der Waals surface area contributed by atoms with E-state index in [1.54, 1.807) is 0 Å². The van der Waals surface area contributed by atoms with Crippen molar-refractivity contribution in [2.45, 2.75) is 58.3 Å². The number of hydrogen-bond acceptors (Lipinski definition) is 3. The fraction of sp³-hybridized carbons (Fsp3) is 0.846. The Morgan fingerprint density at radius 3 is 2.53 bits per heavy atom. The first-order chi connectivity index (χ1) is 7.71. The van der Waals surface area contributed by atoms with Gasteiger partial charge in [-0.3, -0.25) is 9.59 Å².